The van der Waals surface area contributed by atoms with Gasteiger partial charge in [0.15, 0.2) is 11.5 Å². The van der Waals surface area contributed by atoms with Crippen molar-refractivity contribution >= 4 is 23.7 Å². The summed E-state index contributed by atoms with van der Waals surface area (Å²) in [5.41, 5.74) is 4.28. The second kappa shape index (κ2) is 9.38. The van der Waals surface area contributed by atoms with Gasteiger partial charge in [-0.2, -0.15) is 5.10 Å². The molecule has 27 heavy (non-hydrogen) atoms. The van der Waals surface area contributed by atoms with Crippen LogP contribution in [0.4, 0.5) is 5.69 Å². The third-order valence-corrected chi connectivity index (χ3v) is 3.73. The Morgan fingerprint density at radius 1 is 1.00 bits per heavy atom. The Kier molecular flexibility index (Phi) is 6.93. The quantitative estimate of drug-likeness (QED) is 0.580. The molecular weight excluding hydrogens is 346 g/mol. The van der Waals surface area contributed by atoms with Crippen molar-refractivity contribution in [1.82, 2.24) is 5.43 Å². The molecular formula is C20H23N3O4. The third kappa shape index (κ3) is 5.57. The number of carbonyl (C=O) groups excluding carboxylic acids is 2. The zero-order valence-corrected chi connectivity index (χ0v) is 15.8. The minimum atomic E-state index is -0.353. The van der Waals surface area contributed by atoms with E-state index in [2.05, 4.69) is 15.8 Å². The van der Waals surface area contributed by atoms with Crippen LogP contribution in [0.15, 0.2) is 47.6 Å². The van der Waals surface area contributed by atoms with Gasteiger partial charge in [0, 0.05) is 17.2 Å². The van der Waals surface area contributed by atoms with Crippen LogP contribution in [0.5, 0.6) is 11.5 Å². The summed E-state index contributed by atoms with van der Waals surface area (Å²) in [5, 5.41) is 6.72. The maximum absolute atomic E-state index is 12.1. The number of nitrogens with one attached hydrogen (secondary N) is 2. The summed E-state index contributed by atoms with van der Waals surface area (Å²) in [6.45, 7) is 3.63. The van der Waals surface area contributed by atoms with Crippen LogP contribution in [-0.2, 0) is 4.79 Å². The Hall–Kier alpha value is -3.35. The van der Waals surface area contributed by atoms with Crippen LogP contribution in [0.2, 0.25) is 0 Å². The van der Waals surface area contributed by atoms with E-state index in [9.17, 15) is 9.59 Å². The van der Waals surface area contributed by atoms with E-state index in [1.807, 2.05) is 13.8 Å². The molecule has 7 heteroatoms. The van der Waals surface area contributed by atoms with Gasteiger partial charge in [0.25, 0.3) is 5.91 Å². The number of methoxy groups -OCH3 is 2. The highest BCUT2D eigenvalue weighted by molar-refractivity contribution is 5.96. The van der Waals surface area contributed by atoms with Gasteiger partial charge >= 0.3 is 0 Å². The summed E-state index contributed by atoms with van der Waals surface area (Å²) in [7, 11) is 3.11. The van der Waals surface area contributed by atoms with E-state index in [1.54, 1.807) is 56.7 Å². The maximum atomic E-state index is 12.1. The molecule has 0 heterocycles. The van der Waals surface area contributed by atoms with Crippen molar-refractivity contribution in [3.63, 3.8) is 0 Å². The molecule has 2 N–H and O–H groups in total. The van der Waals surface area contributed by atoms with Crippen LogP contribution in [0.3, 0.4) is 0 Å². The molecule has 0 unspecified atom stereocenters. The van der Waals surface area contributed by atoms with Crippen molar-refractivity contribution < 1.29 is 19.1 Å². The van der Waals surface area contributed by atoms with Gasteiger partial charge in [0.1, 0.15) is 0 Å². The molecule has 2 aromatic carbocycles. The SMILES string of the molecule is COc1ccc(/C=N/NC(=O)c2ccc(NC(=O)C(C)C)cc2)cc1OC. The van der Waals surface area contributed by atoms with Gasteiger partial charge in [-0.25, -0.2) is 5.43 Å². The summed E-state index contributed by atoms with van der Waals surface area (Å²) in [4.78, 5) is 23.8. The molecule has 0 spiro atoms. The van der Waals surface area contributed by atoms with Crippen LogP contribution < -0.4 is 20.2 Å². The number of carbonyl (C=O) groups is 2. The average molecular weight is 369 g/mol. The standard InChI is InChI=1S/C20H23N3O4/c1-13(2)19(24)22-16-8-6-15(7-9-16)20(25)23-21-12-14-5-10-17(26-3)18(11-14)27-4/h5-13H,1-4H3,(H,22,24)(H,23,25)/b21-12+. The van der Waals surface area contributed by atoms with E-state index < -0.39 is 0 Å². The second-order valence-electron chi connectivity index (χ2n) is 6.03. The number of rotatable bonds is 7. The zero-order chi connectivity index (χ0) is 19.8. The number of nitrogens with zero attached hydrogens (tertiary/aromatic N) is 1. The molecule has 0 saturated heterocycles. The van der Waals surface area contributed by atoms with Gasteiger partial charge in [-0.3, -0.25) is 9.59 Å². The van der Waals surface area contributed by atoms with Crippen LogP contribution in [0, 0.1) is 5.92 Å². The van der Waals surface area contributed by atoms with E-state index >= 15 is 0 Å². The highest BCUT2D eigenvalue weighted by Crippen LogP contribution is 2.26. The highest BCUT2D eigenvalue weighted by atomic mass is 16.5. The van der Waals surface area contributed by atoms with Crippen LogP contribution in [0.25, 0.3) is 0 Å². The van der Waals surface area contributed by atoms with E-state index in [0.717, 1.165) is 5.56 Å². The summed E-state index contributed by atoms with van der Waals surface area (Å²) in [6, 6.07) is 11.9. The van der Waals surface area contributed by atoms with E-state index in [-0.39, 0.29) is 17.7 Å². The van der Waals surface area contributed by atoms with E-state index in [1.165, 1.54) is 6.21 Å². The lowest BCUT2D eigenvalue weighted by atomic mass is 10.1. The fourth-order valence-corrected chi connectivity index (χ4v) is 2.15. The Morgan fingerprint density at radius 3 is 2.26 bits per heavy atom. The summed E-state index contributed by atoms with van der Waals surface area (Å²) in [5.74, 6) is 0.647. The van der Waals surface area contributed by atoms with Crippen molar-refractivity contribution in [3.05, 3.63) is 53.6 Å². The number of hydrogen-bond acceptors (Lipinski definition) is 5. The van der Waals surface area contributed by atoms with Crippen LogP contribution in [0.1, 0.15) is 29.8 Å². The van der Waals surface area contributed by atoms with Gasteiger partial charge in [0.2, 0.25) is 5.91 Å². The van der Waals surface area contributed by atoms with Crippen molar-refractivity contribution in [2.24, 2.45) is 11.0 Å². The Morgan fingerprint density at radius 2 is 1.67 bits per heavy atom. The number of anilines is 1. The fourth-order valence-electron chi connectivity index (χ4n) is 2.15. The molecule has 0 aliphatic carbocycles. The average Bonchev–Trinajstić information content (AvgIpc) is 2.68. The van der Waals surface area contributed by atoms with Gasteiger partial charge in [-0.15, -0.1) is 0 Å². The van der Waals surface area contributed by atoms with Gasteiger partial charge < -0.3 is 14.8 Å². The monoisotopic (exact) mass is 369 g/mol. The lowest BCUT2D eigenvalue weighted by Crippen LogP contribution is -2.19. The minimum absolute atomic E-state index is 0.0771. The lowest BCUT2D eigenvalue weighted by molar-refractivity contribution is -0.118. The molecule has 0 aliphatic rings. The molecule has 0 radical (unpaired) electrons. The molecule has 0 saturated carbocycles. The third-order valence-electron chi connectivity index (χ3n) is 3.73. The Balaban J connectivity index is 1.97. The first-order chi connectivity index (χ1) is 12.9. The topological polar surface area (TPSA) is 89.0 Å². The van der Waals surface area contributed by atoms with Gasteiger partial charge in [0.05, 0.1) is 20.4 Å². The molecule has 0 fully saturated rings. The predicted molar refractivity (Wildman–Crippen MR) is 105 cm³/mol. The van der Waals surface area contributed by atoms with Crippen molar-refractivity contribution in [1.29, 1.82) is 0 Å². The number of amides is 2. The van der Waals surface area contributed by atoms with Crippen LogP contribution in [-0.4, -0.2) is 32.2 Å². The van der Waals surface area contributed by atoms with Crippen LogP contribution >= 0.6 is 0 Å². The Bertz CT molecular complexity index is 830. The first-order valence-corrected chi connectivity index (χ1v) is 8.41. The molecule has 0 aromatic heterocycles. The molecule has 0 aliphatic heterocycles. The largest absolute Gasteiger partial charge is 0.493 e. The summed E-state index contributed by atoms with van der Waals surface area (Å²) in [6.07, 6.45) is 1.51. The van der Waals surface area contributed by atoms with E-state index in [4.69, 9.17) is 9.47 Å². The predicted octanol–water partition coefficient (Wildman–Crippen LogP) is 3.06. The smallest absolute Gasteiger partial charge is 0.271 e. The minimum Gasteiger partial charge on any atom is -0.493 e. The lowest BCUT2D eigenvalue weighted by Gasteiger charge is -2.08. The van der Waals surface area contributed by atoms with E-state index in [0.29, 0.717) is 22.7 Å². The second-order valence-corrected chi connectivity index (χ2v) is 6.03. The van der Waals surface area contributed by atoms with Crippen molar-refractivity contribution in [2.45, 2.75) is 13.8 Å². The first-order valence-electron chi connectivity index (χ1n) is 8.41. The molecule has 2 rings (SSSR count). The zero-order valence-electron chi connectivity index (χ0n) is 15.8. The molecule has 2 amide bonds. The molecule has 2 aromatic rings. The molecule has 7 nitrogen and oxygen atoms in total. The van der Waals surface area contributed by atoms with Crippen molar-refractivity contribution in [2.75, 3.05) is 19.5 Å². The Labute approximate surface area is 158 Å². The van der Waals surface area contributed by atoms with Crippen molar-refractivity contribution in [3.8, 4) is 11.5 Å². The molecule has 142 valence electrons. The fraction of sp³-hybridized carbons (Fsp3) is 0.250. The highest BCUT2D eigenvalue weighted by Gasteiger charge is 2.08. The number of hydrogen-bond donors (Lipinski definition) is 2. The summed E-state index contributed by atoms with van der Waals surface area (Å²) < 4.78 is 10.4. The summed E-state index contributed by atoms with van der Waals surface area (Å²) >= 11 is 0. The molecule has 0 bridgehead atoms. The van der Waals surface area contributed by atoms with Gasteiger partial charge in [-0.1, -0.05) is 13.8 Å². The number of hydrazone groups is 1. The normalized spacial score (nSPS) is 10.7. The first kappa shape index (κ1) is 20.0. The number of ether oxygens (including phenoxy) is 2. The maximum Gasteiger partial charge on any atom is 0.271 e. The number of benzene rings is 2. The molecule has 0 atom stereocenters. The van der Waals surface area contributed by atoms with Gasteiger partial charge in [-0.05, 0) is 48.0 Å².